The zero-order chi connectivity index (χ0) is 19.2. The number of hydrogen-bond acceptors (Lipinski definition) is 3. The Hall–Kier alpha value is -2.64. The van der Waals surface area contributed by atoms with E-state index in [0.717, 1.165) is 16.8 Å². The molecule has 0 spiro atoms. The summed E-state index contributed by atoms with van der Waals surface area (Å²) in [4.78, 5) is 12.4. The predicted octanol–water partition coefficient (Wildman–Crippen LogP) is 5.78. The molecule has 0 amide bonds. The highest BCUT2D eigenvalue weighted by atomic mass is 35.5. The number of benzene rings is 1. The molecule has 0 fully saturated rings. The molecule has 9 heteroatoms. The highest BCUT2D eigenvalue weighted by molar-refractivity contribution is 6.43. The second-order valence-electron chi connectivity index (χ2n) is 5.65. The number of nitrogens with zero attached hydrogens (tertiary/aromatic N) is 4. The minimum absolute atomic E-state index is 0.0538. The molecule has 0 saturated carbocycles. The van der Waals surface area contributed by atoms with E-state index in [1.54, 1.807) is 30.3 Å². The van der Waals surface area contributed by atoms with Gasteiger partial charge in [-0.3, -0.25) is 9.38 Å². The van der Waals surface area contributed by atoms with Crippen molar-refractivity contribution in [1.82, 2.24) is 19.4 Å². The van der Waals surface area contributed by atoms with Crippen molar-refractivity contribution in [2.75, 3.05) is 0 Å². The zero-order valence-electron chi connectivity index (χ0n) is 13.4. The monoisotopic (exact) mass is 408 g/mol. The number of alkyl halides is 3. The van der Waals surface area contributed by atoms with Crippen molar-refractivity contribution in [2.24, 2.45) is 0 Å². The fourth-order valence-electron chi connectivity index (χ4n) is 2.74. The fourth-order valence-corrected chi connectivity index (χ4v) is 3.14. The minimum atomic E-state index is -4.61. The quantitative estimate of drug-likeness (QED) is 0.421. The molecular weight excluding hydrogens is 400 g/mol. The fraction of sp³-hybridized carbons (Fsp3) is 0.0556. The first kappa shape index (κ1) is 17.8. The summed E-state index contributed by atoms with van der Waals surface area (Å²) in [5, 5.41) is 0.362. The lowest BCUT2D eigenvalue weighted by Gasteiger charge is -2.13. The van der Waals surface area contributed by atoms with Gasteiger partial charge in [0.25, 0.3) is 0 Å². The summed E-state index contributed by atoms with van der Waals surface area (Å²) in [6.07, 6.45) is -0.451. The Kier molecular flexibility index (Phi) is 4.28. The van der Waals surface area contributed by atoms with E-state index in [1.807, 2.05) is 0 Å². The second-order valence-corrected chi connectivity index (χ2v) is 6.43. The maximum Gasteiger partial charge on any atom is 0.431 e. The summed E-state index contributed by atoms with van der Waals surface area (Å²) in [6, 6.07) is 8.95. The van der Waals surface area contributed by atoms with Crippen molar-refractivity contribution < 1.29 is 13.2 Å². The van der Waals surface area contributed by atoms with Gasteiger partial charge in [0.2, 0.25) is 0 Å². The van der Waals surface area contributed by atoms with Gasteiger partial charge in [0.15, 0.2) is 5.65 Å². The smallest absolute Gasteiger partial charge is 0.278 e. The van der Waals surface area contributed by atoms with E-state index in [1.165, 1.54) is 12.4 Å². The molecule has 136 valence electrons. The highest BCUT2D eigenvalue weighted by Crippen LogP contribution is 2.37. The van der Waals surface area contributed by atoms with Gasteiger partial charge in [-0.05, 0) is 24.3 Å². The molecule has 0 radical (unpaired) electrons. The largest absolute Gasteiger partial charge is 0.431 e. The molecule has 27 heavy (non-hydrogen) atoms. The van der Waals surface area contributed by atoms with Gasteiger partial charge in [0.1, 0.15) is 17.7 Å². The Morgan fingerprint density at radius 1 is 1.00 bits per heavy atom. The molecule has 3 aromatic heterocycles. The molecule has 0 saturated heterocycles. The van der Waals surface area contributed by atoms with Crippen molar-refractivity contribution >= 4 is 28.8 Å². The van der Waals surface area contributed by atoms with Crippen LogP contribution in [0.4, 0.5) is 13.2 Å². The van der Waals surface area contributed by atoms with Crippen molar-refractivity contribution in [3.8, 4) is 22.5 Å². The number of rotatable bonds is 2. The Bertz CT molecular complexity index is 1140. The van der Waals surface area contributed by atoms with E-state index in [9.17, 15) is 13.2 Å². The summed E-state index contributed by atoms with van der Waals surface area (Å²) in [6.45, 7) is 0. The molecule has 4 nitrogen and oxygen atoms in total. The normalized spacial score (nSPS) is 11.9. The van der Waals surface area contributed by atoms with Crippen molar-refractivity contribution in [1.29, 1.82) is 0 Å². The molecule has 4 aromatic rings. The first-order valence-corrected chi connectivity index (χ1v) is 8.42. The molecular formula is C18H9Cl2F3N4. The molecule has 0 aliphatic heterocycles. The Morgan fingerprint density at radius 3 is 2.44 bits per heavy atom. The first-order chi connectivity index (χ1) is 12.9. The second kappa shape index (κ2) is 6.51. The molecule has 0 atom stereocenters. The average molecular weight is 409 g/mol. The molecule has 3 heterocycles. The van der Waals surface area contributed by atoms with Crippen LogP contribution in [0.15, 0.2) is 55.1 Å². The Balaban J connectivity index is 2.05. The summed E-state index contributed by atoms with van der Waals surface area (Å²) < 4.78 is 41.9. The number of fused-ring (bicyclic) bond motifs is 1. The number of hydrogen-bond donors (Lipinski definition) is 0. The van der Waals surface area contributed by atoms with Crippen molar-refractivity contribution in [2.45, 2.75) is 6.18 Å². The predicted molar refractivity (Wildman–Crippen MR) is 96.7 cm³/mol. The lowest BCUT2D eigenvalue weighted by Crippen LogP contribution is -2.12. The van der Waals surface area contributed by atoms with Crippen LogP contribution in [-0.4, -0.2) is 19.4 Å². The van der Waals surface area contributed by atoms with Crippen LogP contribution in [0.1, 0.15) is 5.69 Å². The van der Waals surface area contributed by atoms with E-state index in [2.05, 4.69) is 15.0 Å². The number of pyridine rings is 1. The van der Waals surface area contributed by atoms with Crippen LogP contribution < -0.4 is 0 Å². The summed E-state index contributed by atoms with van der Waals surface area (Å²) in [5.41, 5.74) is 0.413. The van der Waals surface area contributed by atoms with Crippen LogP contribution in [0, 0.1) is 0 Å². The maximum absolute atomic E-state index is 13.7. The van der Waals surface area contributed by atoms with Gasteiger partial charge >= 0.3 is 6.18 Å². The van der Waals surface area contributed by atoms with Crippen LogP contribution in [-0.2, 0) is 6.18 Å². The molecule has 0 bridgehead atoms. The van der Waals surface area contributed by atoms with Crippen LogP contribution in [0.2, 0.25) is 10.0 Å². The van der Waals surface area contributed by atoms with Crippen molar-refractivity contribution in [3.63, 3.8) is 0 Å². The summed E-state index contributed by atoms with van der Waals surface area (Å²) in [5.74, 6) is 0. The third-order valence-corrected chi connectivity index (χ3v) is 4.79. The highest BCUT2D eigenvalue weighted by Gasteiger charge is 2.35. The van der Waals surface area contributed by atoms with Gasteiger partial charge in [-0.1, -0.05) is 35.3 Å². The molecule has 0 unspecified atom stereocenters. The summed E-state index contributed by atoms with van der Waals surface area (Å²) in [7, 11) is 0. The standard InChI is InChI=1S/C18H9Cl2F3N4/c19-12-3-1-2-11(15(12)20)13-8-14(18(21,22)23)27-9-25-16(17(27)26-13)10-4-6-24-7-5-10/h1-9H. The molecule has 0 aliphatic carbocycles. The van der Waals surface area contributed by atoms with E-state index in [0.29, 0.717) is 16.8 Å². The van der Waals surface area contributed by atoms with Crippen molar-refractivity contribution in [3.05, 3.63) is 70.9 Å². The minimum Gasteiger partial charge on any atom is -0.278 e. The van der Waals surface area contributed by atoms with Gasteiger partial charge < -0.3 is 0 Å². The summed E-state index contributed by atoms with van der Waals surface area (Å²) >= 11 is 12.2. The molecule has 0 aliphatic rings. The number of halogens is 5. The van der Waals surface area contributed by atoms with E-state index in [4.69, 9.17) is 23.2 Å². The third-order valence-electron chi connectivity index (χ3n) is 3.97. The van der Waals surface area contributed by atoms with Gasteiger partial charge in [-0.15, -0.1) is 0 Å². The number of imidazole rings is 1. The lowest BCUT2D eigenvalue weighted by molar-refractivity contribution is -0.142. The van der Waals surface area contributed by atoms with E-state index >= 15 is 0 Å². The first-order valence-electron chi connectivity index (χ1n) is 7.66. The van der Waals surface area contributed by atoms with Gasteiger partial charge in [-0.25, -0.2) is 9.97 Å². The SMILES string of the molecule is FC(F)(F)c1cc(-c2cccc(Cl)c2Cl)nc2c(-c3ccncc3)ncn12. The van der Waals surface area contributed by atoms with Crippen LogP contribution in [0.3, 0.4) is 0 Å². The van der Waals surface area contributed by atoms with E-state index in [-0.39, 0.29) is 21.4 Å². The van der Waals surface area contributed by atoms with Gasteiger partial charge in [-0.2, -0.15) is 13.2 Å². The van der Waals surface area contributed by atoms with E-state index < -0.39 is 11.9 Å². The lowest BCUT2D eigenvalue weighted by atomic mass is 10.1. The van der Waals surface area contributed by atoms with Crippen LogP contribution in [0.5, 0.6) is 0 Å². The Morgan fingerprint density at radius 2 is 1.74 bits per heavy atom. The molecule has 4 rings (SSSR count). The average Bonchev–Trinajstić information content (AvgIpc) is 3.07. The topological polar surface area (TPSA) is 43.1 Å². The van der Waals surface area contributed by atoms with Gasteiger partial charge in [0.05, 0.1) is 15.7 Å². The van der Waals surface area contributed by atoms with Gasteiger partial charge in [0, 0.05) is 23.5 Å². The maximum atomic E-state index is 13.7. The van der Waals surface area contributed by atoms with Crippen LogP contribution in [0.25, 0.3) is 28.2 Å². The third kappa shape index (κ3) is 3.13. The zero-order valence-corrected chi connectivity index (χ0v) is 14.9. The van der Waals surface area contributed by atoms with Crippen LogP contribution >= 0.6 is 23.2 Å². The Labute approximate surface area is 161 Å². The molecule has 1 aromatic carbocycles. The number of aromatic nitrogens is 4. The molecule has 0 N–H and O–H groups in total.